The van der Waals surface area contributed by atoms with Crippen LogP contribution in [0, 0.1) is 0 Å². The summed E-state index contributed by atoms with van der Waals surface area (Å²) >= 11 is 0. The molecule has 1 aliphatic rings. The lowest BCUT2D eigenvalue weighted by molar-refractivity contribution is -0.192. The van der Waals surface area contributed by atoms with Crippen LogP contribution in [0.15, 0.2) is 114 Å². The second kappa shape index (κ2) is 16.8. The molecule has 276 valence electrons. The number of para-hydroxylation sites is 2. The van der Waals surface area contributed by atoms with Gasteiger partial charge < -0.3 is 21.7 Å². The number of nitrogens with two attached hydrogens (primary N) is 2. The molecule has 0 unspecified atom stereocenters. The van der Waals surface area contributed by atoms with E-state index >= 15 is 0 Å². The van der Waals surface area contributed by atoms with Crippen LogP contribution in [0.2, 0.25) is 0 Å². The third kappa shape index (κ3) is 9.72. The number of rotatable bonds is 8. The summed E-state index contributed by atoms with van der Waals surface area (Å²) < 4.78 is 59.6. The van der Waals surface area contributed by atoms with E-state index in [0.29, 0.717) is 42.0 Å². The van der Waals surface area contributed by atoms with Crippen LogP contribution in [0.5, 0.6) is 0 Å². The average molecular weight is 752 g/mol. The maximum atomic E-state index is 13.3. The van der Waals surface area contributed by atoms with Crippen LogP contribution in [-0.2, 0) is 32.6 Å². The topological polar surface area (TPSA) is 214 Å². The highest BCUT2D eigenvalue weighted by atomic mass is 32.2. The van der Waals surface area contributed by atoms with E-state index in [0.717, 1.165) is 16.5 Å². The van der Waals surface area contributed by atoms with E-state index in [1.54, 1.807) is 85.1 Å². The molecule has 2 heterocycles. The molecule has 17 heteroatoms. The van der Waals surface area contributed by atoms with Crippen LogP contribution in [0.25, 0.3) is 10.9 Å². The molecular formula is C36H32F3N5O8S. The maximum Gasteiger partial charge on any atom is 0.490 e. The molecule has 13 nitrogen and oxygen atoms in total. The predicted octanol–water partition coefficient (Wildman–Crippen LogP) is 4.60. The molecule has 0 spiro atoms. The summed E-state index contributed by atoms with van der Waals surface area (Å²) in [6, 6.07) is 29.2. The van der Waals surface area contributed by atoms with Gasteiger partial charge in [0.25, 0.3) is 15.9 Å². The third-order valence-electron chi connectivity index (χ3n) is 7.65. The third-order valence-corrected chi connectivity index (χ3v) is 9.49. The van der Waals surface area contributed by atoms with E-state index in [1.165, 1.54) is 9.21 Å². The molecule has 0 saturated carbocycles. The number of halogens is 3. The fourth-order valence-corrected chi connectivity index (χ4v) is 6.83. The molecule has 6 rings (SSSR count). The van der Waals surface area contributed by atoms with E-state index < -0.39 is 40.6 Å². The summed E-state index contributed by atoms with van der Waals surface area (Å²) in [5.41, 5.74) is 14.8. The van der Waals surface area contributed by atoms with Gasteiger partial charge in [0.1, 0.15) is 11.4 Å². The zero-order chi connectivity index (χ0) is 38.9. The minimum Gasteiger partial charge on any atom is -0.480 e. The van der Waals surface area contributed by atoms with Gasteiger partial charge in [0, 0.05) is 41.5 Å². The van der Waals surface area contributed by atoms with Crippen LogP contribution in [0.3, 0.4) is 0 Å². The van der Waals surface area contributed by atoms with Gasteiger partial charge >= 0.3 is 18.1 Å². The van der Waals surface area contributed by atoms with E-state index in [2.05, 4.69) is 4.98 Å². The standard InChI is InChI=1S/C18H15N3O3S.C16H16N2O3.C2HF3O2/c19-18(22)14-7-6-12-8-10-21(15(12)11-14)25(23,24)16-5-1-3-13-4-2-9-20-17(13)16;17-10-12-5-4-6-13(9-12)16(21)18(11-15(19)20)14-7-2-1-3-8-14;3-2(4,5)1(6)7/h1-7,9,11H,8,10H2,(H2,19,22);1-9H,10-11,17H2,(H,19,20);(H,6,7). The van der Waals surface area contributed by atoms with Gasteiger partial charge in [0.15, 0.2) is 0 Å². The molecule has 53 heavy (non-hydrogen) atoms. The lowest BCUT2D eigenvalue weighted by Gasteiger charge is -2.21. The Morgan fingerprint density at radius 1 is 0.849 bits per heavy atom. The number of benzene rings is 4. The van der Waals surface area contributed by atoms with E-state index in [4.69, 9.17) is 26.5 Å². The molecule has 0 aliphatic carbocycles. The molecule has 4 aromatic carbocycles. The molecule has 6 N–H and O–H groups in total. The van der Waals surface area contributed by atoms with Crippen LogP contribution in [0.4, 0.5) is 24.5 Å². The van der Waals surface area contributed by atoms with Gasteiger partial charge in [-0.1, -0.05) is 54.6 Å². The Morgan fingerprint density at radius 3 is 2.13 bits per heavy atom. The summed E-state index contributed by atoms with van der Waals surface area (Å²) in [6.07, 6.45) is -2.92. The van der Waals surface area contributed by atoms with Crippen molar-refractivity contribution in [2.75, 3.05) is 22.3 Å². The Balaban J connectivity index is 0.000000204. The Bertz CT molecular complexity index is 2250. The highest BCUT2D eigenvalue weighted by molar-refractivity contribution is 7.93. The number of pyridine rings is 1. The molecule has 1 aliphatic heterocycles. The number of sulfonamides is 1. The molecule has 1 aromatic heterocycles. The summed E-state index contributed by atoms with van der Waals surface area (Å²) in [6.45, 7) is 0.254. The van der Waals surface area contributed by atoms with Crippen LogP contribution in [-0.4, -0.2) is 66.6 Å². The number of carbonyl (C=O) groups is 4. The van der Waals surface area contributed by atoms with Gasteiger partial charge in [0.05, 0.1) is 11.2 Å². The Morgan fingerprint density at radius 2 is 1.51 bits per heavy atom. The summed E-state index contributed by atoms with van der Waals surface area (Å²) in [5.74, 6) is -4.77. The van der Waals surface area contributed by atoms with Crippen molar-refractivity contribution in [2.24, 2.45) is 11.5 Å². The van der Waals surface area contributed by atoms with Crippen molar-refractivity contribution in [1.29, 1.82) is 0 Å². The number of aromatic nitrogens is 1. The summed E-state index contributed by atoms with van der Waals surface area (Å²) in [4.78, 5) is 49.6. The second-order valence-corrected chi connectivity index (χ2v) is 13.0. The monoisotopic (exact) mass is 751 g/mol. The first-order valence-corrected chi connectivity index (χ1v) is 17.0. The number of alkyl halides is 3. The number of anilines is 2. The first kappa shape index (κ1) is 39.5. The number of fused-ring (bicyclic) bond motifs is 2. The highest BCUT2D eigenvalue weighted by Gasteiger charge is 2.38. The molecule has 0 saturated heterocycles. The summed E-state index contributed by atoms with van der Waals surface area (Å²) in [7, 11) is -3.80. The Kier molecular flexibility index (Phi) is 12.5. The van der Waals surface area contributed by atoms with Crippen molar-refractivity contribution in [3.63, 3.8) is 0 Å². The zero-order valence-electron chi connectivity index (χ0n) is 27.6. The molecule has 2 amide bonds. The smallest absolute Gasteiger partial charge is 0.480 e. The van der Waals surface area contributed by atoms with Crippen LogP contribution < -0.4 is 20.7 Å². The number of nitrogens with zero attached hydrogens (tertiary/aromatic N) is 3. The largest absolute Gasteiger partial charge is 0.490 e. The second-order valence-electron chi connectivity index (χ2n) is 11.2. The maximum absolute atomic E-state index is 13.3. The minimum absolute atomic E-state index is 0.155. The number of carbonyl (C=O) groups excluding carboxylic acids is 2. The van der Waals surface area contributed by atoms with Gasteiger partial charge in [-0.05, 0) is 66.1 Å². The molecule has 0 atom stereocenters. The van der Waals surface area contributed by atoms with Crippen molar-refractivity contribution < 1.29 is 51.0 Å². The van der Waals surface area contributed by atoms with Gasteiger partial charge in [-0.15, -0.1) is 0 Å². The molecule has 0 radical (unpaired) electrons. The normalized spacial score (nSPS) is 12.0. The molecular weight excluding hydrogens is 719 g/mol. The van der Waals surface area contributed by atoms with Gasteiger partial charge in [-0.2, -0.15) is 13.2 Å². The van der Waals surface area contributed by atoms with E-state index in [1.807, 2.05) is 24.3 Å². The number of aliphatic carboxylic acids is 2. The molecule has 0 fully saturated rings. The number of hydrogen-bond acceptors (Lipinski definition) is 8. The zero-order valence-corrected chi connectivity index (χ0v) is 28.4. The quantitative estimate of drug-likeness (QED) is 0.173. The molecule has 5 aromatic rings. The van der Waals surface area contributed by atoms with Crippen molar-refractivity contribution in [3.05, 3.63) is 132 Å². The van der Waals surface area contributed by atoms with E-state index in [9.17, 15) is 36.0 Å². The van der Waals surface area contributed by atoms with Crippen molar-refractivity contribution in [3.8, 4) is 0 Å². The average Bonchev–Trinajstić information content (AvgIpc) is 3.58. The molecule has 0 bridgehead atoms. The number of carboxylic acid groups (broad SMARTS) is 2. The fraction of sp³-hybridized carbons (Fsp3) is 0.139. The Hall–Kier alpha value is -6.33. The number of hydrogen-bond donors (Lipinski definition) is 4. The van der Waals surface area contributed by atoms with Crippen molar-refractivity contribution in [2.45, 2.75) is 24.0 Å². The first-order valence-electron chi connectivity index (χ1n) is 15.5. The first-order chi connectivity index (χ1) is 25.0. The van der Waals surface area contributed by atoms with E-state index in [-0.39, 0.29) is 16.4 Å². The highest BCUT2D eigenvalue weighted by Crippen LogP contribution is 2.35. The lowest BCUT2D eigenvalue weighted by atomic mass is 10.1. The lowest BCUT2D eigenvalue weighted by Crippen LogP contribution is -2.35. The SMILES string of the molecule is NC(=O)c1ccc2c(c1)N(S(=O)(=O)c1cccc3cccnc13)CC2.NCc1cccc(C(=O)N(CC(=O)O)c2ccccc2)c1.O=C(O)C(F)(F)F. The van der Waals surface area contributed by atoms with Gasteiger partial charge in [-0.3, -0.25) is 28.6 Å². The predicted molar refractivity (Wildman–Crippen MR) is 189 cm³/mol. The van der Waals surface area contributed by atoms with Crippen molar-refractivity contribution >= 4 is 56.1 Å². The van der Waals surface area contributed by atoms with Gasteiger partial charge in [0.2, 0.25) is 5.91 Å². The van der Waals surface area contributed by atoms with Crippen LogP contribution >= 0.6 is 0 Å². The Labute approximate surface area is 300 Å². The number of amides is 2. The fourth-order valence-electron chi connectivity index (χ4n) is 5.17. The van der Waals surface area contributed by atoms with Gasteiger partial charge in [-0.25, -0.2) is 13.2 Å². The number of carboxylic acids is 2. The number of primary amides is 1. The van der Waals surface area contributed by atoms with Crippen molar-refractivity contribution in [1.82, 2.24) is 4.98 Å². The summed E-state index contributed by atoms with van der Waals surface area (Å²) in [5, 5.41) is 16.9. The van der Waals surface area contributed by atoms with Crippen LogP contribution in [0.1, 0.15) is 31.8 Å². The minimum atomic E-state index is -5.08.